The molecule has 0 aromatic heterocycles. The normalized spacial score (nSPS) is 51.1. The molecule has 30 heavy (non-hydrogen) atoms. The number of rotatable bonds is 1. The van der Waals surface area contributed by atoms with Gasteiger partial charge >= 0.3 is 11.9 Å². The van der Waals surface area contributed by atoms with Crippen molar-refractivity contribution < 1.29 is 39.5 Å². The lowest BCUT2D eigenvalue weighted by Gasteiger charge is -2.58. The molecular weight excluding hydrogens is 392 g/mol. The van der Waals surface area contributed by atoms with Gasteiger partial charge in [0.2, 0.25) is 0 Å². The number of aliphatic hydroxyl groups is 4. The largest absolute Gasteiger partial charge is 0.459 e. The summed E-state index contributed by atoms with van der Waals surface area (Å²) in [4.78, 5) is 24.6. The maximum Gasteiger partial charge on any atom is 0.312 e. The number of hydrogen-bond donors (Lipinski definition) is 4. The lowest BCUT2D eigenvalue weighted by Crippen LogP contribution is -2.70. The third-order valence-electron chi connectivity index (χ3n) is 7.75. The first-order valence-electron chi connectivity index (χ1n) is 10.6. The van der Waals surface area contributed by atoms with Crippen LogP contribution in [0, 0.1) is 17.3 Å². The second-order valence-corrected chi connectivity index (χ2v) is 9.82. The van der Waals surface area contributed by atoms with E-state index in [2.05, 4.69) is 0 Å². The maximum atomic E-state index is 12.5. The van der Waals surface area contributed by atoms with Crippen molar-refractivity contribution >= 4 is 11.9 Å². The molecule has 8 nitrogen and oxygen atoms in total. The molecule has 0 radical (unpaired) electrons. The Morgan fingerprint density at radius 1 is 1.20 bits per heavy atom. The minimum absolute atomic E-state index is 0.178. The summed E-state index contributed by atoms with van der Waals surface area (Å²) in [7, 11) is 0. The van der Waals surface area contributed by atoms with E-state index >= 15 is 0 Å². The number of aliphatic hydroxyl groups excluding tert-OH is 2. The highest BCUT2D eigenvalue weighted by molar-refractivity contribution is 5.77. The third kappa shape index (κ3) is 3.38. The van der Waals surface area contributed by atoms with E-state index in [9.17, 15) is 30.0 Å². The summed E-state index contributed by atoms with van der Waals surface area (Å²) in [5, 5.41) is 45.5. The summed E-state index contributed by atoms with van der Waals surface area (Å²) >= 11 is 0. The fraction of sp³-hybridized carbons (Fsp3) is 0.818. The van der Waals surface area contributed by atoms with Gasteiger partial charge in [0.25, 0.3) is 0 Å². The lowest BCUT2D eigenvalue weighted by molar-refractivity contribution is -0.261. The number of esters is 2. The van der Waals surface area contributed by atoms with E-state index in [1.165, 1.54) is 13.8 Å². The topological polar surface area (TPSA) is 134 Å². The van der Waals surface area contributed by atoms with E-state index in [1.807, 2.05) is 0 Å². The molecular formula is C22H34O8. The van der Waals surface area contributed by atoms with E-state index in [0.29, 0.717) is 12.8 Å². The zero-order valence-electron chi connectivity index (χ0n) is 18.3. The van der Waals surface area contributed by atoms with Gasteiger partial charge in [0.1, 0.15) is 6.10 Å². The molecule has 0 unspecified atom stereocenters. The molecule has 1 saturated carbocycles. The van der Waals surface area contributed by atoms with Gasteiger partial charge in [-0.15, -0.1) is 0 Å². The Morgan fingerprint density at radius 3 is 2.40 bits per heavy atom. The number of allylic oxidation sites excluding steroid dienone is 1. The van der Waals surface area contributed by atoms with Crippen LogP contribution in [0.15, 0.2) is 11.6 Å². The maximum absolute atomic E-state index is 12.5. The van der Waals surface area contributed by atoms with Gasteiger partial charge in [0, 0.05) is 18.3 Å². The van der Waals surface area contributed by atoms with Crippen LogP contribution >= 0.6 is 0 Å². The van der Waals surface area contributed by atoms with E-state index in [4.69, 9.17) is 9.47 Å². The van der Waals surface area contributed by atoms with Gasteiger partial charge in [-0.1, -0.05) is 12.5 Å². The predicted octanol–water partition coefficient (Wildman–Crippen LogP) is 0.840. The number of hydrogen-bond acceptors (Lipinski definition) is 8. The molecule has 0 amide bonds. The Kier molecular flexibility index (Phi) is 5.86. The zero-order valence-corrected chi connectivity index (χ0v) is 18.3. The van der Waals surface area contributed by atoms with Crippen LogP contribution in [0.1, 0.15) is 60.3 Å². The third-order valence-corrected chi connectivity index (χ3v) is 7.75. The van der Waals surface area contributed by atoms with Crippen molar-refractivity contribution in [3.8, 4) is 0 Å². The van der Waals surface area contributed by atoms with Crippen molar-refractivity contribution in [2.24, 2.45) is 17.3 Å². The van der Waals surface area contributed by atoms with Crippen molar-refractivity contribution in [1.29, 1.82) is 0 Å². The first kappa shape index (κ1) is 23.2. The predicted molar refractivity (Wildman–Crippen MR) is 106 cm³/mol. The molecule has 0 aromatic carbocycles. The summed E-state index contributed by atoms with van der Waals surface area (Å²) in [5.74, 6) is -3.44. The van der Waals surface area contributed by atoms with Gasteiger partial charge in [-0.25, -0.2) is 0 Å². The summed E-state index contributed by atoms with van der Waals surface area (Å²) in [6, 6.07) is 0. The molecule has 0 spiro atoms. The van der Waals surface area contributed by atoms with Crippen LogP contribution in [-0.4, -0.2) is 68.0 Å². The molecule has 3 aliphatic rings. The Labute approximate surface area is 176 Å². The average molecular weight is 427 g/mol. The van der Waals surface area contributed by atoms with Gasteiger partial charge in [0.05, 0.1) is 23.7 Å². The standard InChI is InChI=1S/C22H34O8/c1-11-6-7-14(24)21(5)15(25)8-9-20(4,27)17(21)18(29-13(3)23)22(28)12(2)19(26)30-16(22)10-11/h10,12,14-18,24-25,27-28H,6-9H2,1-5H3/b11-10-/t12-,14+,15-,16+,17-,18+,20-,21-,22-/m0/s1. The van der Waals surface area contributed by atoms with Gasteiger partial charge < -0.3 is 29.9 Å². The Hall–Kier alpha value is -1.48. The monoisotopic (exact) mass is 426 g/mol. The Morgan fingerprint density at radius 2 is 1.80 bits per heavy atom. The lowest BCUT2D eigenvalue weighted by atomic mass is 9.52. The van der Waals surface area contributed by atoms with Crippen molar-refractivity contribution in [2.45, 2.75) is 95.9 Å². The van der Waals surface area contributed by atoms with Crippen LogP contribution in [0.25, 0.3) is 0 Å². The van der Waals surface area contributed by atoms with E-state index in [-0.39, 0.29) is 12.8 Å². The molecule has 8 heteroatoms. The van der Waals surface area contributed by atoms with Gasteiger partial charge in [-0.2, -0.15) is 0 Å². The first-order valence-corrected chi connectivity index (χ1v) is 10.6. The number of ether oxygens (including phenoxy) is 2. The minimum Gasteiger partial charge on any atom is -0.459 e. The van der Waals surface area contributed by atoms with E-state index < -0.39 is 64.8 Å². The molecule has 4 N–H and O–H groups in total. The van der Waals surface area contributed by atoms with Crippen LogP contribution < -0.4 is 0 Å². The van der Waals surface area contributed by atoms with Crippen LogP contribution in [0.5, 0.6) is 0 Å². The minimum atomic E-state index is -1.98. The van der Waals surface area contributed by atoms with Crippen molar-refractivity contribution in [2.75, 3.05) is 0 Å². The second kappa shape index (κ2) is 7.58. The first-order chi connectivity index (χ1) is 13.8. The van der Waals surface area contributed by atoms with Crippen molar-refractivity contribution in [1.82, 2.24) is 0 Å². The van der Waals surface area contributed by atoms with Crippen molar-refractivity contribution in [3.63, 3.8) is 0 Å². The summed E-state index contributed by atoms with van der Waals surface area (Å²) in [6.07, 6.45) is -1.73. The number of carbonyl (C=O) groups excluding carboxylic acids is 2. The molecule has 3 rings (SSSR count). The summed E-state index contributed by atoms with van der Waals surface area (Å²) < 4.78 is 11.1. The SMILES string of the molecule is CC(=O)O[C@@H]1[C@@H]2[C@@](C)([C@H](O)CC/C(C)=C\[C@H]3OC(=O)[C@H](C)[C@@]13O)[C@@H](O)CC[C@]2(C)O. The Bertz CT molecular complexity index is 745. The number of carbonyl (C=O) groups is 2. The van der Waals surface area contributed by atoms with E-state index in [1.54, 1.807) is 26.8 Å². The molecule has 0 bridgehead atoms. The smallest absolute Gasteiger partial charge is 0.312 e. The van der Waals surface area contributed by atoms with Gasteiger partial charge in [-0.3, -0.25) is 9.59 Å². The molecule has 1 heterocycles. The van der Waals surface area contributed by atoms with Gasteiger partial charge in [-0.05, 0) is 52.5 Å². The molecule has 0 aromatic rings. The van der Waals surface area contributed by atoms with Crippen LogP contribution in [-0.2, 0) is 19.1 Å². The zero-order chi connectivity index (χ0) is 22.6. The molecule has 2 aliphatic carbocycles. The van der Waals surface area contributed by atoms with E-state index in [0.717, 1.165) is 5.57 Å². The fourth-order valence-electron chi connectivity index (χ4n) is 5.81. The second-order valence-electron chi connectivity index (χ2n) is 9.82. The molecule has 1 aliphatic heterocycles. The quantitative estimate of drug-likeness (QED) is 0.358. The van der Waals surface area contributed by atoms with Crippen LogP contribution in [0.3, 0.4) is 0 Å². The summed E-state index contributed by atoms with van der Waals surface area (Å²) in [6.45, 7) is 7.69. The molecule has 2 fully saturated rings. The molecule has 1 saturated heterocycles. The molecule has 170 valence electrons. The highest BCUT2D eigenvalue weighted by atomic mass is 16.6. The summed E-state index contributed by atoms with van der Waals surface area (Å²) in [5.41, 5.74) is -3.97. The van der Waals surface area contributed by atoms with Crippen LogP contribution in [0.2, 0.25) is 0 Å². The fourth-order valence-corrected chi connectivity index (χ4v) is 5.81. The number of fused-ring (bicyclic) bond motifs is 2. The molecule has 9 atom stereocenters. The highest BCUT2D eigenvalue weighted by Gasteiger charge is 2.69. The van der Waals surface area contributed by atoms with Gasteiger partial charge in [0.15, 0.2) is 11.7 Å². The average Bonchev–Trinajstić information content (AvgIpc) is 2.85. The Balaban J connectivity index is 2.30. The highest BCUT2D eigenvalue weighted by Crippen LogP contribution is 2.56. The van der Waals surface area contributed by atoms with Crippen LogP contribution in [0.4, 0.5) is 0 Å². The van der Waals surface area contributed by atoms with Crippen molar-refractivity contribution in [3.05, 3.63) is 11.6 Å².